The van der Waals surface area contributed by atoms with Crippen LogP contribution in [0.2, 0.25) is 0 Å². The molecular formula is C10H12. The highest BCUT2D eigenvalue weighted by molar-refractivity contribution is 5.24. The topological polar surface area (TPSA) is 0 Å². The third-order valence-electron chi connectivity index (χ3n) is 2.40. The van der Waals surface area contributed by atoms with Crippen LogP contribution in [-0.2, 0) is 0 Å². The first-order valence-corrected chi connectivity index (χ1v) is 4.08. The molecule has 0 heteroatoms. The summed E-state index contributed by atoms with van der Waals surface area (Å²) in [6, 6.07) is 0. The van der Waals surface area contributed by atoms with Crippen molar-refractivity contribution in [3.63, 3.8) is 0 Å². The van der Waals surface area contributed by atoms with Gasteiger partial charge in [-0.2, -0.15) is 0 Å². The van der Waals surface area contributed by atoms with E-state index in [4.69, 9.17) is 0 Å². The third-order valence-corrected chi connectivity index (χ3v) is 2.40. The molecule has 1 fully saturated rings. The molecule has 1 atom stereocenters. The molecule has 0 saturated heterocycles. The van der Waals surface area contributed by atoms with Gasteiger partial charge in [0.25, 0.3) is 0 Å². The van der Waals surface area contributed by atoms with Crippen molar-refractivity contribution in [1.29, 1.82) is 0 Å². The first-order valence-electron chi connectivity index (χ1n) is 4.08. The molecular weight excluding hydrogens is 120 g/mol. The van der Waals surface area contributed by atoms with Crippen molar-refractivity contribution in [1.82, 2.24) is 0 Å². The van der Waals surface area contributed by atoms with Crippen LogP contribution in [0.1, 0.15) is 25.7 Å². The maximum absolute atomic E-state index is 3.16. The second-order valence-electron chi connectivity index (χ2n) is 3.09. The van der Waals surface area contributed by atoms with E-state index in [0.717, 1.165) is 5.92 Å². The summed E-state index contributed by atoms with van der Waals surface area (Å²) in [5, 5.41) is 0. The van der Waals surface area contributed by atoms with Crippen molar-refractivity contribution in [2.75, 3.05) is 0 Å². The van der Waals surface area contributed by atoms with E-state index in [-0.39, 0.29) is 0 Å². The highest BCUT2D eigenvalue weighted by Crippen LogP contribution is 2.31. The van der Waals surface area contributed by atoms with Gasteiger partial charge in [-0.1, -0.05) is 18.1 Å². The average molecular weight is 132 g/mol. The highest BCUT2D eigenvalue weighted by Gasteiger charge is 2.16. The molecule has 1 unspecified atom stereocenters. The Hall–Kier alpha value is -0.740. The lowest BCUT2D eigenvalue weighted by atomic mass is 9.83. The number of fused-ring (bicyclic) bond motifs is 1. The maximum atomic E-state index is 3.16. The molecule has 52 valence electrons. The van der Waals surface area contributed by atoms with Crippen LogP contribution < -0.4 is 0 Å². The Morgan fingerprint density at radius 1 is 1.40 bits per heavy atom. The van der Waals surface area contributed by atoms with Gasteiger partial charge in [-0.3, -0.25) is 0 Å². The summed E-state index contributed by atoms with van der Waals surface area (Å²) in [5.41, 5.74) is 4.79. The highest BCUT2D eigenvalue weighted by atomic mass is 14.2. The van der Waals surface area contributed by atoms with Crippen molar-refractivity contribution in [3.05, 3.63) is 29.5 Å². The lowest BCUT2D eigenvalue weighted by molar-refractivity contribution is 0.518. The molecule has 0 heterocycles. The van der Waals surface area contributed by atoms with Gasteiger partial charge >= 0.3 is 0 Å². The number of hydrogen-bond donors (Lipinski definition) is 0. The molecule has 0 nitrogen and oxygen atoms in total. The zero-order valence-corrected chi connectivity index (χ0v) is 6.14. The largest absolute Gasteiger partial charge is 0.125 e. The monoisotopic (exact) mass is 132 g/mol. The summed E-state index contributed by atoms with van der Waals surface area (Å²) in [6.45, 7) is 0. The molecule has 0 spiro atoms. The Kier molecular flexibility index (Phi) is 1.49. The van der Waals surface area contributed by atoms with Crippen molar-refractivity contribution in [2.45, 2.75) is 25.7 Å². The second kappa shape index (κ2) is 2.48. The summed E-state index contributed by atoms with van der Waals surface area (Å²) >= 11 is 0. The molecule has 0 aromatic heterocycles. The summed E-state index contributed by atoms with van der Waals surface area (Å²) in [6.07, 6.45) is 12.0. The molecule has 0 bridgehead atoms. The predicted molar refractivity (Wildman–Crippen MR) is 42.7 cm³/mol. The lowest BCUT2D eigenvalue weighted by Gasteiger charge is -2.22. The van der Waals surface area contributed by atoms with Gasteiger partial charge in [0.1, 0.15) is 0 Å². The fourth-order valence-electron chi connectivity index (χ4n) is 1.79. The molecule has 1 saturated carbocycles. The van der Waals surface area contributed by atoms with Crippen molar-refractivity contribution in [3.8, 4) is 0 Å². The number of rotatable bonds is 0. The smallest absolute Gasteiger partial charge is 0.00560 e. The molecule has 0 aromatic rings. The SMILES string of the molecule is C1=CC=C2CCCCC2C=1. The van der Waals surface area contributed by atoms with E-state index in [0.29, 0.717) is 0 Å². The quantitative estimate of drug-likeness (QED) is 0.444. The van der Waals surface area contributed by atoms with E-state index in [9.17, 15) is 0 Å². The van der Waals surface area contributed by atoms with Gasteiger partial charge in [-0.05, 0) is 31.4 Å². The molecule has 0 radical (unpaired) electrons. The van der Waals surface area contributed by atoms with Crippen LogP contribution >= 0.6 is 0 Å². The Labute approximate surface area is 61.9 Å². The first-order chi connectivity index (χ1) is 4.97. The minimum absolute atomic E-state index is 0.749. The predicted octanol–water partition coefficient (Wildman–Crippen LogP) is 2.83. The molecule has 0 aliphatic heterocycles. The molecule has 2 rings (SSSR count). The molecule has 0 aromatic carbocycles. The molecule has 0 N–H and O–H groups in total. The minimum atomic E-state index is 0.749. The van der Waals surface area contributed by atoms with Crippen LogP contribution in [-0.4, -0.2) is 0 Å². The van der Waals surface area contributed by atoms with E-state index in [1.807, 2.05) is 6.08 Å². The van der Waals surface area contributed by atoms with Gasteiger partial charge in [0, 0.05) is 5.92 Å². The molecule has 2 aliphatic rings. The second-order valence-corrected chi connectivity index (χ2v) is 3.09. The van der Waals surface area contributed by atoms with Gasteiger partial charge < -0.3 is 0 Å². The van der Waals surface area contributed by atoms with E-state index in [2.05, 4.69) is 17.9 Å². The van der Waals surface area contributed by atoms with Crippen LogP contribution in [0.5, 0.6) is 0 Å². The zero-order valence-electron chi connectivity index (χ0n) is 6.14. The van der Waals surface area contributed by atoms with Crippen LogP contribution in [0.25, 0.3) is 0 Å². The van der Waals surface area contributed by atoms with Crippen LogP contribution in [0.4, 0.5) is 0 Å². The Bertz CT molecular complexity index is 214. The first kappa shape index (κ1) is 6.00. The Morgan fingerprint density at radius 3 is 3.30 bits per heavy atom. The standard InChI is InChI=1S/C10H12/c1-2-6-10-8-4-3-7-9(10)5-1/h1,5-6,10H,3-4,7-8H2. The van der Waals surface area contributed by atoms with Crippen molar-refractivity contribution < 1.29 is 0 Å². The molecule has 0 amide bonds. The normalized spacial score (nSPS) is 29.6. The minimum Gasteiger partial charge on any atom is -0.125 e. The molecule has 10 heavy (non-hydrogen) atoms. The number of allylic oxidation sites excluding steroid dienone is 3. The lowest BCUT2D eigenvalue weighted by Crippen LogP contribution is -2.07. The van der Waals surface area contributed by atoms with Crippen molar-refractivity contribution in [2.24, 2.45) is 5.92 Å². The van der Waals surface area contributed by atoms with Crippen LogP contribution in [0.15, 0.2) is 29.5 Å². The maximum Gasteiger partial charge on any atom is 0.00560 e. The van der Waals surface area contributed by atoms with Crippen LogP contribution in [0, 0.1) is 5.92 Å². The van der Waals surface area contributed by atoms with Gasteiger partial charge in [-0.25, -0.2) is 0 Å². The zero-order chi connectivity index (χ0) is 6.81. The van der Waals surface area contributed by atoms with E-state index < -0.39 is 0 Å². The van der Waals surface area contributed by atoms with E-state index >= 15 is 0 Å². The van der Waals surface area contributed by atoms with Gasteiger partial charge in [0.15, 0.2) is 0 Å². The van der Waals surface area contributed by atoms with Crippen molar-refractivity contribution >= 4 is 0 Å². The average Bonchev–Trinajstić information content (AvgIpc) is 2.05. The summed E-state index contributed by atoms with van der Waals surface area (Å²) in [5.74, 6) is 0.749. The number of hydrogen-bond acceptors (Lipinski definition) is 0. The Balaban J connectivity index is 2.24. The van der Waals surface area contributed by atoms with Gasteiger partial charge in [0.2, 0.25) is 0 Å². The fraction of sp³-hybridized carbons (Fsp3) is 0.500. The van der Waals surface area contributed by atoms with E-state index in [1.54, 1.807) is 5.57 Å². The third kappa shape index (κ3) is 0.955. The van der Waals surface area contributed by atoms with Crippen LogP contribution in [0.3, 0.4) is 0 Å². The van der Waals surface area contributed by atoms with Gasteiger partial charge in [0.05, 0.1) is 0 Å². The Morgan fingerprint density at radius 2 is 2.40 bits per heavy atom. The fourth-order valence-corrected chi connectivity index (χ4v) is 1.79. The molecule has 2 aliphatic carbocycles. The summed E-state index contributed by atoms with van der Waals surface area (Å²) in [4.78, 5) is 0. The van der Waals surface area contributed by atoms with E-state index in [1.165, 1.54) is 25.7 Å². The summed E-state index contributed by atoms with van der Waals surface area (Å²) < 4.78 is 0. The summed E-state index contributed by atoms with van der Waals surface area (Å²) in [7, 11) is 0. The van der Waals surface area contributed by atoms with Gasteiger partial charge in [-0.15, -0.1) is 5.73 Å².